The van der Waals surface area contributed by atoms with E-state index in [1.807, 2.05) is 54.6 Å². The van der Waals surface area contributed by atoms with Gasteiger partial charge in [-0.3, -0.25) is 19.1 Å². The number of nitrogens with zero attached hydrogens (tertiary/aromatic N) is 2. The Labute approximate surface area is 198 Å². The molecule has 34 heavy (non-hydrogen) atoms. The molecule has 0 saturated heterocycles. The number of amides is 1. The number of hydrogen-bond donors (Lipinski definition) is 3. The molecular formula is C24H23N5O4S. The van der Waals surface area contributed by atoms with E-state index in [9.17, 15) is 14.4 Å². The van der Waals surface area contributed by atoms with Crippen molar-refractivity contribution in [2.75, 3.05) is 24.4 Å². The molecule has 3 N–H and O–H groups in total. The minimum absolute atomic E-state index is 0.0701. The number of anilines is 2. The Bertz CT molecular complexity index is 1410. The zero-order valence-corrected chi connectivity index (χ0v) is 19.2. The van der Waals surface area contributed by atoms with Crippen molar-refractivity contribution in [2.24, 2.45) is 0 Å². The van der Waals surface area contributed by atoms with E-state index < -0.39 is 17.2 Å². The molecule has 0 spiro atoms. The van der Waals surface area contributed by atoms with E-state index in [-0.39, 0.29) is 24.7 Å². The zero-order chi connectivity index (χ0) is 23.9. The second-order valence-corrected chi connectivity index (χ2v) is 8.37. The predicted molar refractivity (Wildman–Crippen MR) is 134 cm³/mol. The molecule has 4 rings (SSSR count). The molecule has 1 amide bonds. The second kappa shape index (κ2) is 10.7. The first-order valence-electron chi connectivity index (χ1n) is 10.5. The standard InChI is InChI=1S/C24H23N5O4S/c1-33-14-13-29-22(21(23(31)28-24(29)32)25-15-16-7-3-2-4-8-16)27-19(30)11-12-20-26-17-9-5-6-10-18(17)34-20/h2-12,25H,13-15H2,1H3,(H,27,30)(H,28,31,32)/b12-11+. The summed E-state index contributed by atoms with van der Waals surface area (Å²) in [6, 6.07) is 17.2. The normalized spacial score (nSPS) is 11.2. The molecule has 0 unspecified atom stereocenters. The van der Waals surface area contributed by atoms with Gasteiger partial charge in [0.25, 0.3) is 5.56 Å². The number of thiazole rings is 1. The van der Waals surface area contributed by atoms with E-state index in [1.54, 1.807) is 6.08 Å². The minimum Gasteiger partial charge on any atom is -0.383 e. The van der Waals surface area contributed by atoms with Gasteiger partial charge < -0.3 is 15.4 Å². The summed E-state index contributed by atoms with van der Waals surface area (Å²) in [7, 11) is 1.50. The molecule has 0 fully saturated rings. The van der Waals surface area contributed by atoms with Crippen LogP contribution in [0.15, 0.2) is 70.3 Å². The Balaban J connectivity index is 1.62. The molecule has 0 aliphatic rings. The fourth-order valence-corrected chi connectivity index (χ4v) is 4.18. The Morgan fingerprint density at radius 3 is 2.68 bits per heavy atom. The first-order chi connectivity index (χ1) is 16.5. The number of carbonyl (C=O) groups is 1. The highest BCUT2D eigenvalue weighted by molar-refractivity contribution is 7.19. The lowest BCUT2D eigenvalue weighted by molar-refractivity contribution is -0.111. The topological polar surface area (TPSA) is 118 Å². The molecule has 10 heteroatoms. The monoisotopic (exact) mass is 477 g/mol. The summed E-state index contributed by atoms with van der Waals surface area (Å²) < 4.78 is 7.37. The van der Waals surface area contributed by atoms with Crippen LogP contribution in [-0.2, 0) is 22.6 Å². The molecule has 174 valence electrons. The average Bonchev–Trinajstić information content (AvgIpc) is 3.26. The summed E-state index contributed by atoms with van der Waals surface area (Å²) in [6.45, 7) is 0.689. The van der Waals surface area contributed by atoms with Gasteiger partial charge in [-0.25, -0.2) is 9.78 Å². The number of ether oxygens (including phenoxy) is 1. The fraction of sp³-hybridized carbons (Fsp3) is 0.167. The fourth-order valence-electron chi connectivity index (χ4n) is 3.31. The number of aromatic nitrogens is 3. The minimum atomic E-state index is -0.641. The lowest BCUT2D eigenvalue weighted by Crippen LogP contribution is -2.36. The maximum absolute atomic E-state index is 12.8. The Kier molecular flexibility index (Phi) is 7.31. The summed E-state index contributed by atoms with van der Waals surface area (Å²) in [5.41, 5.74) is 0.603. The largest absolute Gasteiger partial charge is 0.383 e. The number of methoxy groups -OCH3 is 1. The third kappa shape index (κ3) is 5.48. The quantitative estimate of drug-likeness (QED) is 0.319. The van der Waals surface area contributed by atoms with Gasteiger partial charge in [0.1, 0.15) is 16.5 Å². The highest BCUT2D eigenvalue weighted by Gasteiger charge is 2.17. The van der Waals surface area contributed by atoms with Crippen molar-refractivity contribution in [1.29, 1.82) is 0 Å². The van der Waals surface area contributed by atoms with Crippen molar-refractivity contribution >= 4 is 45.0 Å². The Morgan fingerprint density at radius 1 is 1.15 bits per heavy atom. The SMILES string of the molecule is COCCn1c(NC(=O)/C=C/c2nc3ccccc3s2)c(NCc2ccccc2)c(=O)[nH]c1=O. The summed E-state index contributed by atoms with van der Waals surface area (Å²) in [4.78, 5) is 44.7. The van der Waals surface area contributed by atoms with Crippen LogP contribution < -0.4 is 21.9 Å². The van der Waals surface area contributed by atoms with Crippen LogP contribution in [0.3, 0.4) is 0 Å². The molecular weight excluding hydrogens is 454 g/mol. The maximum Gasteiger partial charge on any atom is 0.330 e. The van der Waals surface area contributed by atoms with Gasteiger partial charge in [-0.15, -0.1) is 11.3 Å². The van der Waals surface area contributed by atoms with Gasteiger partial charge >= 0.3 is 5.69 Å². The van der Waals surface area contributed by atoms with Crippen LogP contribution in [0.5, 0.6) is 0 Å². The molecule has 2 heterocycles. The maximum atomic E-state index is 12.8. The number of para-hydroxylation sites is 1. The van der Waals surface area contributed by atoms with Crippen LogP contribution in [0.1, 0.15) is 10.6 Å². The smallest absolute Gasteiger partial charge is 0.330 e. The van der Waals surface area contributed by atoms with Gasteiger partial charge in [-0.1, -0.05) is 42.5 Å². The number of benzene rings is 2. The molecule has 0 aliphatic heterocycles. The van der Waals surface area contributed by atoms with Crippen LogP contribution in [0.25, 0.3) is 16.3 Å². The summed E-state index contributed by atoms with van der Waals surface area (Å²) >= 11 is 1.46. The Hall–Kier alpha value is -4.02. The van der Waals surface area contributed by atoms with Gasteiger partial charge in [0, 0.05) is 19.7 Å². The highest BCUT2D eigenvalue weighted by Crippen LogP contribution is 2.22. The average molecular weight is 478 g/mol. The molecule has 9 nitrogen and oxygen atoms in total. The molecule has 4 aromatic rings. The van der Waals surface area contributed by atoms with E-state index in [0.717, 1.165) is 15.8 Å². The molecule has 0 radical (unpaired) electrons. The van der Waals surface area contributed by atoms with Crippen LogP contribution in [-0.4, -0.2) is 34.2 Å². The molecule has 0 bridgehead atoms. The van der Waals surface area contributed by atoms with E-state index in [4.69, 9.17) is 4.74 Å². The second-order valence-electron chi connectivity index (χ2n) is 7.31. The number of H-pyrrole nitrogens is 1. The highest BCUT2D eigenvalue weighted by atomic mass is 32.1. The third-order valence-corrected chi connectivity index (χ3v) is 5.96. The van der Waals surface area contributed by atoms with Crippen LogP contribution in [0.2, 0.25) is 0 Å². The van der Waals surface area contributed by atoms with E-state index in [1.165, 1.54) is 29.1 Å². The number of hydrogen-bond acceptors (Lipinski definition) is 7. The van der Waals surface area contributed by atoms with E-state index in [0.29, 0.717) is 11.6 Å². The number of carbonyl (C=O) groups excluding carboxylic acids is 1. The molecule has 2 aromatic heterocycles. The number of nitrogens with one attached hydrogen (secondary N) is 3. The molecule has 0 atom stereocenters. The van der Waals surface area contributed by atoms with Gasteiger partial charge in [-0.2, -0.15) is 0 Å². The number of aromatic amines is 1. The van der Waals surface area contributed by atoms with Crippen LogP contribution in [0, 0.1) is 0 Å². The van der Waals surface area contributed by atoms with Crippen LogP contribution >= 0.6 is 11.3 Å². The van der Waals surface area contributed by atoms with Gasteiger partial charge in [0.15, 0.2) is 0 Å². The van der Waals surface area contributed by atoms with Crippen molar-refractivity contribution < 1.29 is 9.53 Å². The molecule has 0 aliphatic carbocycles. The van der Waals surface area contributed by atoms with Crippen molar-refractivity contribution in [2.45, 2.75) is 13.1 Å². The molecule has 2 aromatic carbocycles. The van der Waals surface area contributed by atoms with Gasteiger partial charge in [-0.05, 0) is 23.8 Å². The summed E-state index contributed by atoms with van der Waals surface area (Å²) in [5.74, 6) is -0.432. The van der Waals surface area contributed by atoms with Crippen LogP contribution in [0.4, 0.5) is 11.5 Å². The van der Waals surface area contributed by atoms with E-state index >= 15 is 0 Å². The number of rotatable bonds is 9. The third-order valence-electron chi connectivity index (χ3n) is 4.96. The number of fused-ring (bicyclic) bond motifs is 1. The van der Waals surface area contributed by atoms with Crippen molar-refractivity contribution in [3.63, 3.8) is 0 Å². The van der Waals surface area contributed by atoms with Gasteiger partial charge in [0.2, 0.25) is 5.91 Å². The summed E-state index contributed by atoms with van der Waals surface area (Å²) in [5, 5.41) is 6.40. The lowest BCUT2D eigenvalue weighted by Gasteiger charge is -2.17. The first-order valence-corrected chi connectivity index (χ1v) is 11.4. The lowest BCUT2D eigenvalue weighted by atomic mass is 10.2. The van der Waals surface area contributed by atoms with E-state index in [2.05, 4.69) is 20.6 Å². The van der Waals surface area contributed by atoms with Crippen molar-refractivity contribution in [1.82, 2.24) is 14.5 Å². The Morgan fingerprint density at radius 2 is 1.91 bits per heavy atom. The first kappa shape index (κ1) is 23.1. The van der Waals surface area contributed by atoms with Crippen molar-refractivity contribution in [3.05, 3.63) is 92.1 Å². The predicted octanol–water partition coefficient (Wildman–Crippen LogP) is 3.06. The molecule has 0 saturated carbocycles. The zero-order valence-electron chi connectivity index (χ0n) is 18.4. The summed E-state index contributed by atoms with van der Waals surface area (Å²) in [6.07, 6.45) is 2.92. The van der Waals surface area contributed by atoms with Gasteiger partial charge in [0.05, 0.1) is 23.4 Å². The van der Waals surface area contributed by atoms with Crippen molar-refractivity contribution in [3.8, 4) is 0 Å².